The van der Waals surface area contributed by atoms with Crippen molar-refractivity contribution < 1.29 is 4.79 Å². The van der Waals surface area contributed by atoms with Crippen LogP contribution in [-0.2, 0) is 0 Å². The third-order valence-electron chi connectivity index (χ3n) is 3.78. The fourth-order valence-electron chi connectivity index (χ4n) is 2.70. The van der Waals surface area contributed by atoms with E-state index in [4.69, 9.17) is 0 Å². The van der Waals surface area contributed by atoms with Crippen molar-refractivity contribution in [1.29, 1.82) is 0 Å². The highest BCUT2D eigenvalue weighted by Crippen LogP contribution is 2.28. The topological polar surface area (TPSA) is 30.0 Å². The third kappa shape index (κ3) is 2.45. The van der Waals surface area contributed by atoms with Crippen LogP contribution < -0.4 is 0 Å². The Morgan fingerprint density at radius 1 is 1.05 bits per heavy atom. The van der Waals surface area contributed by atoms with E-state index in [0.29, 0.717) is 0 Å². The second-order valence-corrected chi connectivity index (χ2v) is 5.47. The van der Waals surface area contributed by atoms with Crippen molar-refractivity contribution >= 4 is 16.7 Å². The van der Waals surface area contributed by atoms with Crippen molar-refractivity contribution in [3.8, 4) is 11.1 Å². The molecule has 2 nitrogen and oxygen atoms in total. The maximum absolute atomic E-state index is 11.9. The molecular formula is C19H17NO. The summed E-state index contributed by atoms with van der Waals surface area (Å²) in [6, 6.07) is 14.2. The molecule has 0 fully saturated rings. The van der Waals surface area contributed by atoms with Crippen molar-refractivity contribution in [2.24, 2.45) is 0 Å². The molecule has 0 radical (unpaired) electrons. The Morgan fingerprint density at radius 3 is 2.52 bits per heavy atom. The standard InChI is InChI=1S/C19H17NO/c1-12-8-17(14(3)21)18-10-15(11-20-19(18)9-12)16-7-5-4-6-13(16)2/h4-11H,1-3H3. The molecule has 104 valence electrons. The number of nitrogens with zero attached hydrogens (tertiary/aromatic N) is 1. The van der Waals surface area contributed by atoms with E-state index >= 15 is 0 Å². The van der Waals surface area contributed by atoms with Crippen LogP contribution in [0.15, 0.2) is 48.7 Å². The quantitative estimate of drug-likeness (QED) is 0.633. The fraction of sp³-hybridized carbons (Fsp3) is 0.158. The summed E-state index contributed by atoms with van der Waals surface area (Å²) < 4.78 is 0. The van der Waals surface area contributed by atoms with Crippen LogP contribution >= 0.6 is 0 Å². The summed E-state index contributed by atoms with van der Waals surface area (Å²) in [5.41, 5.74) is 6.08. The zero-order valence-electron chi connectivity index (χ0n) is 12.5. The predicted octanol–water partition coefficient (Wildman–Crippen LogP) is 4.72. The molecule has 2 aromatic carbocycles. The summed E-state index contributed by atoms with van der Waals surface area (Å²) in [5, 5.41) is 0.925. The second kappa shape index (κ2) is 5.13. The van der Waals surface area contributed by atoms with Gasteiger partial charge >= 0.3 is 0 Å². The number of ketones is 1. The number of Topliss-reactive ketones (excluding diaryl/α,β-unsaturated/α-hetero) is 1. The molecule has 0 unspecified atom stereocenters. The summed E-state index contributed by atoms with van der Waals surface area (Å²) in [6.45, 7) is 5.68. The van der Waals surface area contributed by atoms with Gasteiger partial charge in [0.1, 0.15) is 0 Å². The molecule has 0 saturated carbocycles. The molecule has 0 atom stereocenters. The van der Waals surface area contributed by atoms with Crippen LogP contribution in [-0.4, -0.2) is 10.8 Å². The van der Waals surface area contributed by atoms with E-state index in [1.54, 1.807) is 6.92 Å². The zero-order valence-corrected chi connectivity index (χ0v) is 12.5. The number of fused-ring (bicyclic) bond motifs is 1. The summed E-state index contributed by atoms with van der Waals surface area (Å²) in [7, 11) is 0. The normalized spacial score (nSPS) is 10.8. The van der Waals surface area contributed by atoms with E-state index < -0.39 is 0 Å². The van der Waals surface area contributed by atoms with Gasteiger partial charge in [0, 0.05) is 22.7 Å². The number of pyridine rings is 1. The zero-order chi connectivity index (χ0) is 15.0. The second-order valence-electron chi connectivity index (χ2n) is 5.47. The number of hydrogen-bond donors (Lipinski definition) is 0. The Morgan fingerprint density at radius 2 is 1.81 bits per heavy atom. The molecule has 0 N–H and O–H groups in total. The number of carbonyl (C=O) groups excluding carboxylic acids is 1. The van der Waals surface area contributed by atoms with Crippen LogP contribution in [0.5, 0.6) is 0 Å². The summed E-state index contributed by atoms with van der Waals surface area (Å²) in [6.07, 6.45) is 1.88. The number of rotatable bonds is 2. The van der Waals surface area contributed by atoms with Gasteiger partial charge in [0.2, 0.25) is 0 Å². The molecule has 21 heavy (non-hydrogen) atoms. The molecule has 2 heteroatoms. The van der Waals surface area contributed by atoms with Crippen molar-refractivity contribution in [2.75, 3.05) is 0 Å². The average Bonchev–Trinajstić information content (AvgIpc) is 2.46. The highest BCUT2D eigenvalue weighted by molar-refractivity contribution is 6.07. The lowest BCUT2D eigenvalue weighted by atomic mass is 9.97. The highest BCUT2D eigenvalue weighted by Gasteiger charge is 2.10. The molecule has 0 saturated heterocycles. The first-order valence-electron chi connectivity index (χ1n) is 7.03. The molecule has 0 spiro atoms. The number of aromatic nitrogens is 1. The van der Waals surface area contributed by atoms with Crippen molar-refractivity contribution in [3.63, 3.8) is 0 Å². The van der Waals surface area contributed by atoms with Crippen LogP contribution in [0.1, 0.15) is 28.4 Å². The Bertz CT molecular complexity index is 849. The Hall–Kier alpha value is -2.48. The SMILES string of the molecule is CC(=O)c1cc(C)cc2ncc(-c3ccccc3C)cc12. The minimum Gasteiger partial charge on any atom is -0.294 e. The minimum atomic E-state index is 0.0763. The van der Waals surface area contributed by atoms with Gasteiger partial charge in [-0.05, 0) is 55.7 Å². The number of carbonyl (C=O) groups is 1. The molecular weight excluding hydrogens is 258 g/mol. The minimum absolute atomic E-state index is 0.0763. The van der Waals surface area contributed by atoms with Crippen LogP contribution in [0, 0.1) is 13.8 Å². The molecule has 0 bridgehead atoms. The summed E-state index contributed by atoms with van der Waals surface area (Å²) >= 11 is 0. The van der Waals surface area contributed by atoms with Crippen LogP contribution in [0.25, 0.3) is 22.0 Å². The first-order valence-corrected chi connectivity index (χ1v) is 7.03. The van der Waals surface area contributed by atoms with Crippen LogP contribution in [0.4, 0.5) is 0 Å². The maximum atomic E-state index is 11.9. The molecule has 1 heterocycles. The average molecular weight is 275 g/mol. The Kier molecular flexibility index (Phi) is 3.30. The maximum Gasteiger partial charge on any atom is 0.160 e. The Balaban J connectivity index is 2.29. The lowest BCUT2D eigenvalue weighted by molar-refractivity contribution is 0.101. The number of aryl methyl sites for hydroxylation is 2. The highest BCUT2D eigenvalue weighted by atomic mass is 16.1. The lowest BCUT2D eigenvalue weighted by Crippen LogP contribution is -1.97. The van der Waals surface area contributed by atoms with E-state index in [1.165, 1.54) is 5.56 Å². The van der Waals surface area contributed by atoms with Crippen LogP contribution in [0.3, 0.4) is 0 Å². The molecule has 3 rings (SSSR count). The van der Waals surface area contributed by atoms with Gasteiger partial charge in [0.05, 0.1) is 5.52 Å². The predicted molar refractivity (Wildman–Crippen MR) is 86.7 cm³/mol. The van der Waals surface area contributed by atoms with Gasteiger partial charge < -0.3 is 0 Å². The Labute approximate surface area is 124 Å². The van der Waals surface area contributed by atoms with Gasteiger partial charge in [-0.15, -0.1) is 0 Å². The molecule has 0 aliphatic carbocycles. The number of benzene rings is 2. The van der Waals surface area contributed by atoms with E-state index in [0.717, 1.165) is 33.2 Å². The molecule has 3 aromatic rings. The largest absolute Gasteiger partial charge is 0.294 e. The first kappa shape index (κ1) is 13.5. The van der Waals surface area contributed by atoms with E-state index in [1.807, 2.05) is 37.4 Å². The summed E-state index contributed by atoms with van der Waals surface area (Å²) in [4.78, 5) is 16.4. The van der Waals surface area contributed by atoms with Gasteiger partial charge in [-0.1, -0.05) is 24.3 Å². The summed E-state index contributed by atoms with van der Waals surface area (Å²) in [5.74, 6) is 0.0763. The van der Waals surface area contributed by atoms with Gasteiger partial charge in [0.15, 0.2) is 5.78 Å². The smallest absolute Gasteiger partial charge is 0.160 e. The van der Waals surface area contributed by atoms with Gasteiger partial charge in [-0.3, -0.25) is 9.78 Å². The van der Waals surface area contributed by atoms with Gasteiger partial charge in [-0.2, -0.15) is 0 Å². The molecule has 1 aromatic heterocycles. The van der Waals surface area contributed by atoms with E-state index in [9.17, 15) is 4.79 Å². The first-order chi connectivity index (χ1) is 10.1. The van der Waals surface area contributed by atoms with Gasteiger partial charge in [-0.25, -0.2) is 0 Å². The van der Waals surface area contributed by atoms with Crippen molar-refractivity contribution in [1.82, 2.24) is 4.98 Å². The van der Waals surface area contributed by atoms with E-state index in [2.05, 4.69) is 30.1 Å². The molecule has 0 amide bonds. The lowest BCUT2D eigenvalue weighted by Gasteiger charge is -2.09. The number of hydrogen-bond acceptors (Lipinski definition) is 2. The van der Waals surface area contributed by atoms with Crippen molar-refractivity contribution in [2.45, 2.75) is 20.8 Å². The van der Waals surface area contributed by atoms with Gasteiger partial charge in [0.25, 0.3) is 0 Å². The molecule has 0 aliphatic heterocycles. The van der Waals surface area contributed by atoms with Crippen LogP contribution in [0.2, 0.25) is 0 Å². The van der Waals surface area contributed by atoms with Crippen molar-refractivity contribution in [3.05, 3.63) is 65.4 Å². The fourth-order valence-corrected chi connectivity index (χ4v) is 2.70. The monoisotopic (exact) mass is 275 g/mol. The molecule has 0 aliphatic rings. The van der Waals surface area contributed by atoms with E-state index in [-0.39, 0.29) is 5.78 Å². The third-order valence-corrected chi connectivity index (χ3v) is 3.78.